The zero-order valence-electron chi connectivity index (χ0n) is 10.4. The van der Waals surface area contributed by atoms with Gasteiger partial charge in [-0.15, -0.1) is 0 Å². The van der Waals surface area contributed by atoms with E-state index in [4.69, 9.17) is 5.73 Å². The Bertz CT molecular complexity index is 829. The van der Waals surface area contributed by atoms with Crippen molar-refractivity contribution in [2.24, 2.45) is 0 Å². The Morgan fingerprint density at radius 1 is 1.20 bits per heavy atom. The van der Waals surface area contributed by atoms with Crippen molar-refractivity contribution in [2.75, 3.05) is 5.73 Å². The predicted molar refractivity (Wildman–Crippen MR) is 81.4 cm³/mol. The monoisotopic (exact) mass is 386 g/mol. The molecule has 0 aliphatic rings. The second kappa shape index (κ2) is 4.65. The van der Waals surface area contributed by atoms with Crippen molar-refractivity contribution < 1.29 is 8.78 Å². The fraction of sp³-hybridized carbons (Fsp3) is 0.0769. The Hall–Kier alpha value is -1.77. The number of aryl methyl sites for hydroxylation is 1. The van der Waals surface area contributed by atoms with Crippen LogP contribution >= 0.6 is 22.9 Å². The van der Waals surface area contributed by atoms with Gasteiger partial charge in [0.2, 0.25) is 0 Å². The van der Waals surface area contributed by atoms with E-state index >= 15 is 0 Å². The van der Waals surface area contributed by atoms with Crippen molar-refractivity contribution in [2.45, 2.75) is 6.92 Å². The fourth-order valence-electron chi connectivity index (χ4n) is 1.97. The van der Waals surface area contributed by atoms with E-state index in [1.54, 1.807) is 19.1 Å². The Balaban J connectivity index is 2.31. The maximum Gasteiger partial charge on any atom is 0.161 e. The molecule has 4 nitrogen and oxygen atoms in total. The van der Waals surface area contributed by atoms with Crippen molar-refractivity contribution in [1.82, 2.24) is 13.0 Å². The maximum atomic E-state index is 13.4. The summed E-state index contributed by atoms with van der Waals surface area (Å²) in [6.07, 6.45) is 0. The number of fused-ring (bicyclic) bond motifs is 1. The van der Waals surface area contributed by atoms with E-state index in [1.165, 1.54) is 2.90 Å². The number of rotatable bonds is 1. The quantitative estimate of drug-likeness (QED) is 0.652. The number of nitrogen functional groups attached to an aromatic ring is 1. The lowest BCUT2D eigenvalue weighted by Crippen LogP contribution is -1.95. The van der Waals surface area contributed by atoms with Crippen molar-refractivity contribution in [3.8, 4) is 11.4 Å². The van der Waals surface area contributed by atoms with Crippen molar-refractivity contribution in [3.63, 3.8) is 0 Å². The number of hydrogen-bond donors (Lipinski definition) is 1. The molecule has 3 aromatic rings. The van der Waals surface area contributed by atoms with E-state index in [9.17, 15) is 8.78 Å². The normalized spacial score (nSPS) is 11.2. The summed E-state index contributed by atoms with van der Waals surface area (Å²) in [6, 6.07) is 5.69. The number of aromatic nitrogens is 3. The molecule has 0 amide bonds. The summed E-state index contributed by atoms with van der Waals surface area (Å²) in [4.78, 5) is 4.34. The second-order valence-corrected chi connectivity index (χ2v) is 5.28. The molecule has 0 saturated carbocycles. The number of pyridine rings is 1. The molecule has 20 heavy (non-hydrogen) atoms. The predicted octanol–water partition coefficient (Wildman–Crippen LogP) is 3.47. The Morgan fingerprint density at radius 2 is 1.90 bits per heavy atom. The summed E-state index contributed by atoms with van der Waals surface area (Å²) in [5, 5.41) is 4.79. The van der Waals surface area contributed by atoms with E-state index in [0.717, 1.165) is 12.1 Å². The summed E-state index contributed by atoms with van der Waals surface area (Å²) >= 11 is 1.91. The average molecular weight is 386 g/mol. The van der Waals surface area contributed by atoms with E-state index < -0.39 is 11.6 Å². The topological polar surface area (TPSA) is 56.7 Å². The van der Waals surface area contributed by atoms with Gasteiger partial charge in [0.15, 0.2) is 11.6 Å². The summed E-state index contributed by atoms with van der Waals surface area (Å²) in [5.41, 5.74) is 8.54. The number of anilines is 1. The second-order valence-electron chi connectivity index (χ2n) is 4.36. The first-order chi connectivity index (χ1) is 9.47. The fourth-order valence-corrected chi connectivity index (χ4v) is 2.58. The molecular weight excluding hydrogens is 377 g/mol. The molecule has 0 spiro atoms. The Kier molecular flexibility index (Phi) is 3.08. The highest BCUT2D eigenvalue weighted by Gasteiger charge is 2.16. The van der Waals surface area contributed by atoms with E-state index in [0.29, 0.717) is 33.7 Å². The van der Waals surface area contributed by atoms with Crippen LogP contribution in [-0.4, -0.2) is 13.0 Å². The van der Waals surface area contributed by atoms with Crippen LogP contribution in [0.15, 0.2) is 24.3 Å². The smallest absolute Gasteiger partial charge is 0.161 e. The molecule has 0 saturated heterocycles. The number of nitrogens with two attached hydrogens (primary N) is 1. The van der Waals surface area contributed by atoms with Crippen LogP contribution in [0.2, 0.25) is 0 Å². The molecule has 0 bridgehead atoms. The highest BCUT2D eigenvalue weighted by molar-refractivity contribution is 14.1. The molecule has 0 radical (unpaired) electrons. The molecule has 102 valence electrons. The Morgan fingerprint density at radius 3 is 2.60 bits per heavy atom. The van der Waals surface area contributed by atoms with E-state index in [1.807, 2.05) is 22.9 Å². The molecule has 0 fully saturated rings. The van der Waals surface area contributed by atoms with Crippen LogP contribution in [0.3, 0.4) is 0 Å². The van der Waals surface area contributed by atoms with Gasteiger partial charge in [-0.25, -0.2) is 16.7 Å². The summed E-state index contributed by atoms with van der Waals surface area (Å²) in [6.45, 7) is 1.78. The van der Waals surface area contributed by atoms with Crippen LogP contribution in [0, 0.1) is 18.6 Å². The summed E-state index contributed by atoms with van der Waals surface area (Å²) in [7, 11) is 0. The lowest BCUT2D eigenvalue weighted by Gasteiger charge is -2.02. The molecule has 2 N–H and O–H groups in total. The molecule has 0 atom stereocenters. The zero-order chi connectivity index (χ0) is 14.4. The van der Waals surface area contributed by atoms with Gasteiger partial charge in [-0.1, -0.05) is 0 Å². The maximum absolute atomic E-state index is 13.4. The van der Waals surface area contributed by atoms with Gasteiger partial charge >= 0.3 is 0 Å². The highest BCUT2D eigenvalue weighted by Crippen LogP contribution is 2.30. The number of benzene rings is 1. The lowest BCUT2D eigenvalue weighted by molar-refractivity contribution is 0.511. The first-order valence-electron chi connectivity index (χ1n) is 5.75. The molecule has 2 aromatic heterocycles. The van der Waals surface area contributed by atoms with Gasteiger partial charge in [-0.05, 0) is 25.1 Å². The molecule has 0 aliphatic heterocycles. The minimum atomic E-state index is -0.907. The Labute approximate surface area is 127 Å². The molecule has 1 aromatic carbocycles. The minimum absolute atomic E-state index is 0.496. The summed E-state index contributed by atoms with van der Waals surface area (Å²) in [5.74, 6) is -1.81. The summed E-state index contributed by atoms with van der Waals surface area (Å²) < 4.78 is 28.2. The average Bonchev–Trinajstić information content (AvgIpc) is 2.71. The number of hydrogen-bond acceptors (Lipinski definition) is 3. The largest absolute Gasteiger partial charge is 0.397 e. The molecule has 3 rings (SSSR count). The SMILES string of the molecule is Cc1nc(-c2nn(I)c3cc(F)c(F)cc23)ccc1N. The van der Waals surface area contributed by atoms with Crippen LogP contribution in [0.1, 0.15) is 5.69 Å². The third-order valence-electron chi connectivity index (χ3n) is 3.05. The van der Waals surface area contributed by atoms with Gasteiger partial charge in [0, 0.05) is 11.5 Å². The first-order valence-corrected chi connectivity index (χ1v) is 6.71. The van der Waals surface area contributed by atoms with Gasteiger partial charge < -0.3 is 5.73 Å². The van der Waals surface area contributed by atoms with Gasteiger partial charge in [0.05, 0.1) is 45.5 Å². The van der Waals surface area contributed by atoms with Gasteiger partial charge in [0.25, 0.3) is 0 Å². The van der Waals surface area contributed by atoms with E-state index in [2.05, 4.69) is 10.1 Å². The standard InChI is InChI=1S/C13H9F2IN4/c1-6-10(17)2-3-11(18-6)13-7-4-8(14)9(15)5-12(7)20(16)19-13/h2-5H,17H2,1H3. The van der Waals surface area contributed by atoms with Crippen LogP contribution in [-0.2, 0) is 0 Å². The molecular formula is C13H9F2IN4. The van der Waals surface area contributed by atoms with Crippen LogP contribution in [0.25, 0.3) is 22.3 Å². The van der Waals surface area contributed by atoms with Crippen molar-refractivity contribution in [3.05, 3.63) is 41.6 Å². The first kappa shape index (κ1) is 13.2. The van der Waals surface area contributed by atoms with Crippen molar-refractivity contribution in [1.29, 1.82) is 0 Å². The zero-order valence-corrected chi connectivity index (χ0v) is 12.5. The molecule has 0 unspecified atom stereocenters. The van der Waals surface area contributed by atoms with E-state index in [-0.39, 0.29) is 0 Å². The van der Waals surface area contributed by atoms with Crippen LogP contribution in [0.5, 0.6) is 0 Å². The third-order valence-corrected chi connectivity index (χ3v) is 3.79. The third kappa shape index (κ3) is 2.01. The van der Waals surface area contributed by atoms with Gasteiger partial charge in [-0.3, -0.25) is 0 Å². The lowest BCUT2D eigenvalue weighted by atomic mass is 10.1. The van der Waals surface area contributed by atoms with Crippen LogP contribution in [0.4, 0.5) is 14.5 Å². The molecule has 0 aliphatic carbocycles. The number of halogens is 3. The molecule has 7 heteroatoms. The van der Waals surface area contributed by atoms with Crippen LogP contribution < -0.4 is 5.73 Å². The van der Waals surface area contributed by atoms with Gasteiger partial charge in [-0.2, -0.15) is 5.10 Å². The van der Waals surface area contributed by atoms with Crippen molar-refractivity contribution >= 4 is 39.5 Å². The highest BCUT2D eigenvalue weighted by atomic mass is 127. The van der Waals surface area contributed by atoms with Gasteiger partial charge in [0.1, 0.15) is 5.69 Å². The minimum Gasteiger partial charge on any atom is -0.397 e. The molecule has 2 heterocycles. The number of nitrogens with zero attached hydrogens (tertiary/aromatic N) is 3.